The normalized spacial score (nSPS) is 12.7. The van der Waals surface area contributed by atoms with Crippen LogP contribution >= 0.6 is 0 Å². The van der Waals surface area contributed by atoms with E-state index in [0.29, 0.717) is 11.8 Å². The summed E-state index contributed by atoms with van der Waals surface area (Å²) < 4.78 is 4.93. The SMILES string of the molecule is Cc1cc2c3ccc(CC(C)C)cc3n3c4cc(CC(C)C)cc5cc[n+](C)c(c(c1C)c23)c54. The van der Waals surface area contributed by atoms with Crippen LogP contribution in [-0.2, 0) is 19.9 Å². The lowest BCUT2D eigenvalue weighted by atomic mass is 9.94. The highest BCUT2D eigenvalue weighted by atomic mass is 15.0. The van der Waals surface area contributed by atoms with Crippen LogP contribution in [0.3, 0.4) is 0 Å². The van der Waals surface area contributed by atoms with Gasteiger partial charge in [-0.3, -0.25) is 0 Å². The fourth-order valence-electron chi connectivity index (χ4n) is 6.20. The number of hydrogen-bond donors (Lipinski definition) is 0. The summed E-state index contributed by atoms with van der Waals surface area (Å²) in [5.41, 5.74) is 11.0. The van der Waals surface area contributed by atoms with Gasteiger partial charge in [-0.2, -0.15) is 0 Å². The molecule has 0 atom stereocenters. The molecule has 34 heavy (non-hydrogen) atoms. The Morgan fingerprint density at radius 2 is 1.47 bits per heavy atom. The molecule has 0 aliphatic rings. The van der Waals surface area contributed by atoms with E-state index in [1.54, 1.807) is 0 Å². The Kier molecular flexibility index (Phi) is 4.68. The standard InChI is InChI=1S/C32H35N2/c1-18(2)12-22-8-9-25-26-14-20(5)21(6)29-31(26)34(27(25)16-22)28-17-23(13-19(3)4)15-24-10-11-33(7)32(29)30(24)28/h8-11,14-19H,12-13H2,1-7H3/q+1. The van der Waals surface area contributed by atoms with Gasteiger partial charge in [0.1, 0.15) is 7.05 Å². The van der Waals surface area contributed by atoms with E-state index in [1.165, 1.54) is 71.3 Å². The second kappa shape index (κ2) is 7.43. The molecule has 0 unspecified atom stereocenters. The van der Waals surface area contributed by atoms with Crippen LogP contribution in [0.5, 0.6) is 0 Å². The highest BCUT2D eigenvalue weighted by Gasteiger charge is 2.25. The van der Waals surface area contributed by atoms with E-state index >= 15 is 0 Å². The van der Waals surface area contributed by atoms with Gasteiger partial charge in [-0.15, -0.1) is 0 Å². The summed E-state index contributed by atoms with van der Waals surface area (Å²) in [5, 5.41) is 6.87. The summed E-state index contributed by atoms with van der Waals surface area (Å²) in [5.74, 6) is 1.27. The van der Waals surface area contributed by atoms with E-state index in [-0.39, 0.29) is 0 Å². The van der Waals surface area contributed by atoms with Crippen molar-refractivity contribution in [1.29, 1.82) is 0 Å². The van der Waals surface area contributed by atoms with Gasteiger partial charge in [0.15, 0.2) is 6.20 Å². The quantitative estimate of drug-likeness (QED) is 0.148. The molecule has 0 saturated heterocycles. The monoisotopic (exact) mass is 447 g/mol. The lowest BCUT2D eigenvalue weighted by Crippen LogP contribution is -2.29. The molecule has 0 spiro atoms. The zero-order chi connectivity index (χ0) is 23.9. The predicted molar refractivity (Wildman–Crippen MR) is 146 cm³/mol. The zero-order valence-corrected chi connectivity index (χ0v) is 21.6. The van der Waals surface area contributed by atoms with Gasteiger partial charge in [-0.1, -0.05) is 45.9 Å². The van der Waals surface area contributed by atoms with Crippen LogP contribution in [0, 0.1) is 25.7 Å². The Balaban J connectivity index is 1.93. The van der Waals surface area contributed by atoms with Crippen LogP contribution in [0.15, 0.2) is 48.7 Å². The van der Waals surface area contributed by atoms with Crippen molar-refractivity contribution in [2.75, 3.05) is 0 Å². The number of aromatic nitrogens is 2. The Bertz CT molecular complexity index is 1730. The largest absolute Gasteiger partial charge is 0.307 e. The van der Waals surface area contributed by atoms with Gasteiger partial charge in [0.2, 0.25) is 5.52 Å². The highest BCUT2D eigenvalue weighted by molar-refractivity contribution is 6.26. The molecular weight excluding hydrogens is 412 g/mol. The maximum Gasteiger partial charge on any atom is 0.224 e. The minimum Gasteiger partial charge on any atom is -0.307 e. The van der Waals surface area contributed by atoms with Crippen LogP contribution in [0.25, 0.3) is 49.0 Å². The maximum absolute atomic E-state index is 2.59. The average Bonchev–Trinajstić information content (AvgIpc) is 3.08. The molecule has 0 bridgehead atoms. The molecule has 0 fully saturated rings. The summed E-state index contributed by atoms with van der Waals surface area (Å²) in [6.07, 6.45) is 4.45. The Labute approximate surface area is 202 Å². The first-order valence-electron chi connectivity index (χ1n) is 12.8. The smallest absolute Gasteiger partial charge is 0.224 e. The molecule has 0 N–H and O–H groups in total. The number of rotatable bonds is 4. The number of aryl methyl sites for hydroxylation is 3. The van der Waals surface area contributed by atoms with E-state index in [4.69, 9.17) is 0 Å². The minimum absolute atomic E-state index is 0.629. The summed E-state index contributed by atoms with van der Waals surface area (Å²) in [7, 11) is 2.20. The second-order valence-corrected chi connectivity index (χ2v) is 11.3. The molecule has 6 aromatic rings. The van der Waals surface area contributed by atoms with Crippen LogP contribution in [0.4, 0.5) is 0 Å². The lowest BCUT2D eigenvalue weighted by Gasteiger charge is -2.16. The Morgan fingerprint density at radius 1 is 0.765 bits per heavy atom. The molecule has 0 radical (unpaired) electrons. The van der Waals surface area contributed by atoms with E-state index < -0.39 is 0 Å². The first kappa shape index (κ1) is 21.4. The van der Waals surface area contributed by atoms with Gasteiger partial charge in [-0.25, -0.2) is 4.57 Å². The molecule has 0 aliphatic heterocycles. The van der Waals surface area contributed by atoms with Crippen molar-refractivity contribution in [3.05, 3.63) is 70.9 Å². The first-order valence-corrected chi connectivity index (χ1v) is 12.8. The van der Waals surface area contributed by atoms with Gasteiger partial charge >= 0.3 is 0 Å². The fraction of sp³-hybridized carbons (Fsp3) is 0.344. The van der Waals surface area contributed by atoms with Crippen molar-refractivity contribution >= 4 is 49.0 Å². The van der Waals surface area contributed by atoms with Crippen molar-refractivity contribution in [1.82, 2.24) is 4.40 Å². The molecule has 2 nitrogen and oxygen atoms in total. The number of nitrogens with zero attached hydrogens (tertiary/aromatic N) is 2. The van der Waals surface area contributed by atoms with Gasteiger partial charge in [-0.05, 0) is 84.4 Å². The van der Waals surface area contributed by atoms with Gasteiger partial charge in [0.25, 0.3) is 0 Å². The van der Waals surface area contributed by atoms with Crippen LogP contribution in [0.1, 0.15) is 49.9 Å². The Morgan fingerprint density at radius 3 is 2.21 bits per heavy atom. The third-order valence-corrected chi connectivity index (χ3v) is 7.68. The lowest BCUT2D eigenvalue weighted by molar-refractivity contribution is -0.643. The number of fused-ring (bicyclic) bond motifs is 5. The van der Waals surface area contributed by atoms with E-state index in [9.17, 15) is 0 Å². The third-order valence-electron chi connectivity index (χ3n) is 7.68. The van der Waals surface area contributed by atoms with Crippen molar-refractivity contribution < 1.29 is 4.57 Å². The van der Waals surface area contributed by atoms with E-state index in [0.717, 1.165) is 12.8 Å². The summed E-state index contributed by atoms with van der Waals surface area (Å²) in [6, 6.07) is 16.8. The van der Waals surface area contributed by atoms with Crippen molar-refractivity contribution in [3.8, 4) is 0 Å². The van der Waals surface area contributed by atoms with Crippen LogP contribution in [-0.4, -0.2) is 4.40 Å². The molecular formula is C32H35N2+. The maximum atomic E-state index is 2.59. The van der Waals surface area contributed by atoms with Crippen LogP contribution in [0.2, 0.25) is 0 Å². The topological polar surface area (TPSA) is 8.29 Å². The number of pyridine rings is 2. The molecule has 0 amide bonds. The number of hydrogen-bond acceptors (Lipinski definition) is 0. The fourth-order valence-corrected chi connectivity index (χ4v) is 6.20. The second-order valence-electron chi connectivity index (χ2n) is 11.3. The van der Waals surface area contributed by atoms with Crippen molar-refractivity contribution in [3.63, 3.8) is 0 Å². The third kappa shape index (κ3) is 2.97. The summed E-state index contributed by atoms with van der Waals surface area (Å²) in [4.78, 5) is 0. The van der Waals surface area contributed by atoms with E-state index in [2.05, 4.69) is 106 Å². The van der Waals surface area contributed by atoms with Gasteiger partial charge in [0, 0.05) is 16.8 Å². The highest BCUT2D eigenvalue weighted by Crippen LogP contribution is 2.42. The molecule has 2 heteroatoms. The molecule has 3 heterocycles. The van der Waals surface area contributed by atoms with Crippen molar-refractivity contribution in [2.24, 2.45) is 18.9 Å². The molecule has 0 saturated carbocycles. The molecule has 6 rings (SSSR count). The summed E-state index contributed by atoms with van der Waals surface area (Å²) in [6.45, 7) is 13.8. The molecule has 0 aliphatic carbocycles. The van der Waals surface area contributed by atoms with Crippen LogP contribution < -0.4 is 4.57 Å². The summed E-state index contributed by atoms with van der Waals surface area (Å²) >= 11 is 0. The van der Waals surface area contributed by atoms with E-state index in [1.807, 2.05) is 0 Å². The van der Waals surface area contributed by atoms with Gasteiger partial charge < -0.3 is 4.40 Å². The predicted octanol–water partition coefficient (Wildman–Crippen LogP) is 7.83. The van der Waals surface area contributed by atoms with Gasteiger partial charge in [0.05, 0.1) is 27.3 Å². The minimum atomic E-state index is 0.629. The number of benzene rings is 3. The molecule has 3 aromatic carbocycles. The van der Waals surface area contributed by atoms with Crippen molar-refractivity contribution in [2.45, 2.75) is 54.4 Å². The first-order chi connectivity index (χ1) is 16.2. The Hall–Kier alpha value is -3.13. The average molecular weight is 448 g/mol. The zero-order valence-electron chi connectivity index (χ0n) is 21.6. The molecule has 172 valence electrons. The molecule has 3 aromatic heterocycles.